The summed E-state index contributed by atoms with van der Waals surface area (Å²) in [7, 11) is 0. The van der Waals surface area contributed by atoms with Crippen LogP contribution in [-0.4, -0.2) is 9.13 Å². The highest BCUT2D eigenvalue weighted by molar-refractivity contribution is 6.12. The van der Waals surface area contributed by atoms with Gasteiger partial charge in [0.1, 0.15) is 12.1 Å². The molecule has 0 amide bonds. The van der Waals surface area contributed by atoms with Crippen LogP contribution in [0.3, 0.4) is 0 Å². The summed E-state index contributed by atoms with van der Waals surface area (Å²) in [5, 5.41) is 24.8. The molecule has 4 nitrogen and oxygen atoms in total. The molecule has 8 aromatic rings. The quantitative estimate of drug-likeness (QED) is 0.205. The minimum Gasteiger partial charge on any atom is -0.309 e. The summed E-state index contributed by atoms with van der Waals surface area (Å²) in [5.41, 5.74) is 10.2. The second kappa shape index (κ2) is 10.2. The maximum atomic E-state index is 10.2. The molecule has 0 N–H and O–H groups in total. The van der Waals surface area contributed by atoms with Crippen LogP contribution in [0.4, 0.5) is 0 Å². The van der Waals surface area contributed by atoms with E-state index in [0.717, 1.165) is 49.9 Å². The summed E-state index contributed by atoms with van der Waals surface area (Å²) in [4.78, 5) is 0. The Hall–Kier alpha value is -6.10. The van der Waals surface area contributed by atoms with Crippen LogP contribution in [0, 0.1) is 22.7 Å². The van der Waals surface area contributed by atoms with E-state index in [4.69, 9.17) is 0 Å². The lowest BCUT2D eigenvalue weighted by Gasteiger charge is -2.26. The molecule has 0 spiro atoms. The van der Waals surface area contributed by atoms with Gasteiger partial charge in [0.15, 0.2) is 0 Å². The molecule has 0 aliphatic carbocycles. The van der Waals surface area contributed by atoms with Gasteiger partial charge in [0.05, 0.1) is 38.9 Å². The number of aromatic nitrogens is 2. The zero-order chi connectivity index (χ0) is 31.6. The van der Waals surface area contributed by atoms with Crippen LogP contribution in [0.15, 0.2) is 127 Å². The van der Waals surface area contributed by atoms with Crippen LogP contribution < -0.4 is 0 Å². The van der Waals surface area contributed by atoms with Crippen molar-refractivity contribution in [2.75, 3.05) is 0 Å². The first-order valence-electron chi connectivity index (χ1n) is 15.5. The molecule has 0 saturated heterocycles. The first kappa shape index (κ1) is 27.4. The molecule has 0 aliphatic rings. The van der Waals surface area contributed by atoms with Crippen molar-refractivity contribution in [2.24, 2.45) is 0 Å². The maximum absolute atomic E-state index is 10.2. The molecule has 2 heterocycles. The van der Waals surface area contributed by atoms with E-state index in [1.165, 1.54) is 21.8 Å². The Labute approximate surface area is 267 Å². The van der Waals surface area contributed by atoms with E-state index >= 15 is 0 Å². The number of rotatable bonds is 3. The van der Waals surface area contributed by atoms with Gasteiger partial charge in [0, 0.05) is 32.8 Å². The molecule has 0 atom stereocenters. The van der Waals surface area contributed by atoms with E-state index in [1.807, 2.05) is 6.07 Å². The second-order valence-corrected chi connectivity index (χ2v) is 12.9. The van der Waals surface area contributed by atoms with Gasteiger partial charge in [-0.25, -0.2) is 0 Å². The van der Waals surface area contributed by atoms with Crippen molar-refractivity contribution < 1.29 is 0 Å². The monoisotopic (exact) mass is 590 g/mol. The van der Waals surface area contributed by atoms with Crippen molar-refractivity contribution in [1.29, 1.82) is 10.5 Å². The van der Waals surface area contributed by atoms with Gasteiger partial charge in [-0.2, -0.15) is 10.5 Å². The second-order valence-electron chi connectivity index (χ2n) is 12.9. The van der Waals surface area contributed by atoms with E-state index in [-0.39, 0.29) is 5.41 Å². The molecule has 0 radical (unpaired) electrons. The van der Waals surface area contributed by atoms with Crippen molar-refractivity contribution in [3.63, 3.8) is 0 Å². The van der Waals surface area contributed by atoms with Crippen LogP contribution >= 0.6 is 0 Å². The predicted molar refractivity (Wildman–Crippen MR) is 189 cm³/mol. The van der Waals surface area contributed by atoms with Crippen molar-refractivity contribution in [3.8, 4) is 34.6 Å². The zero-order valence-corrected chi connectivity index (χ0v) is 25.9. The van der Waals surface area contributed by atoms with Gasteiger partial charge in [-0.15, -0.1) is 0 Å². The summed E-state index contributed by atoms with van der Waals surface area (Å²) in [5.74, 6) is 0. The van der Waals surface area contributed by atoms with Gasteiger partial charge in [-0.05, 0) is 71.1 Å². The lowest BCUT2D eigenvalue weighted by molar-refractivity contribution is 0.585. The summed E-state index contributed by atoms with van der Waals surface area (Å²) in [6, 6.07) is 49.4. The Balaban J connectivity index is 1.39. The summed E-state index contributed by atoms with van der Waals surface area (Å²) < 4.78 is 4.61. The first-order chi connectivity index (χ1) is 22.4. The van der Waals surface area contributed by atoms with Crippen LogP contribution in [-0.2, 0) is 5.41 Å². The molecule has 2 aromatic heterocycles. The lowest BCUT2D eigenvalue weighted by Crippen LogP contribution is -2.18. The van der Waals surface area contributed by atoms with Crippen molar-refractivity contribution in [2.45, 2.75) is 26.2 Å². The number of hydrogen-bond acceptors (Lipinski definition) is 2. The summed E-state index contributed by atoms with van der Waals surface area (Å²) in [6.07, 6.45) is 0. The number of hydrogen-bond donors (Lipinski definition) is 0. The van der Waals surface area contributed by atoms with Crippen molar-refractivity contribution in [3.05, 3.63) is 144 Å². The van der Waals surface area contributed by atoms with Gasteiger partial charge >= 0.3 is 0 Å². The maximum Gasteiger partial charge on any atom is 0.101 e. The normalized spacial score (nSPS) is 11.8. The summed E-state index contributed by atoms with van der Waals surface area (Å²) >= 11 is 0. The molecule has 0 aliphatic heterocycles. The highest BCUT2D eigenvalue weighted by Gasteiger charge is 2.27. The zero-order valence-electron chi connectivity index (χ0n) is 25.9. The average Bonchev–Trinajstić information content (AvgIpc) is 3.59. The highest BCUT2D eigenvalue weighted by atomic mass is 15.0. The van der Waals surface area contributed by atoms with Crippen LogP contribution in [0.2, 0.25) is 0 Å². The van der Waals surface area contributed by atoms with E-state index < -0.39 is 0 Å². The van der Waals surface area contributed by atoms with Gasteiger partial charge in [-0.1, -0.05) is 93.6 Å². The molecular formula is C42H30N4. The molecular weight excluding hydrogens is 560 g/mol. The standard InChI is InChI=1S/C42H30N4/c1-42(2,3)41-35(26-44)29(25-43)19-22-39(41)46-37-16-10-8-14-32(37)34-23-27(18-21-38(34)46)28-17-20-33-31-13-7-9-15-36(31)45(40(33)24-28)30-11-5-4-6-12-30/h4-24H,1-3H3. The van der Waals surface area contributed by atoms with Gasteiger partial charge in [0.2, 0.25) is 0 Å². The number of benzene rings is 6. The highest BCUT2D eigenvalue weighted by Crippen LogP contribution is 2.41. The molecule has 218 valence electrons. The Bertz CT molecular complexity index is 2580. The molecule has 4 heteroatoms. The third-order valence-electron chi connectivity index (χ3n) is 9.10. The third kappa shape index (κ3) is 4.05. The smallest absolute Gasteiger partial charge is 0.101 e. The topological polar surface area (TPSA) is 57.4 Å². The minimum absolute atomic E-state index is 0.364. The largest absolute Gasteiger partial charge is 0.309 e. The molecule has 0 fully saturated rings. The van der Waals surface area contributed by atoms with E-state index in [1.54, 1.807) is 6.07 Å². The number of nitrogens with zero attached hydrogens (tertiary/aromatic N) is 4. The average molecular weight is 591 g/mol. The van der Waals surface area contributed by atoms with Gasteiger partial charge < -0.3 is 9.13 Å². The Kier molecular flexibility index (Phi) is 6.11. The van der Waals surface area contributed by atoms with E-state index in [0.29, 0.717) is 11.1 Å². The van der Waals surface area contributed by atoms with E-state index in [9.17, 15) is 10.5 Å². The minimum atomic E-state index is -0.364. The Morgan fingerprint density at radius 2 is 1.09 bits per heavy atom. The van der Waals surface area contributed by atoms with Crippen LogP contribution in [0.25, 0.3) is 66.1 Å². The SMILES string of the molecule is CC(C)(C)c1c(-n2c3ccccc3c3cc(-c4ccc5c6ccccc6n(-c6ccccc6)c5c4)ccc32)ccc(C#N)c1C#N. The fourth-order valence-electron chi connectivity index (χ4n) is 7.16. The Morgan fingerprint density at radius 1 is 0.500 bits per heavy atom. The van der Waals surface area contributed by atoms with Crippen molar-refractivity contribution in [1.82, 2.24) is 9.13 Å². The number of para-hydroxylation sites is 3. The first-order valence-corrected chi connectivity index (χ1v) is 15.5. The fourth-order valence-corrected chi connectivity index (χ4v) is 7.16. The van der Waals surface area contributed by atoms with E-state index in [2.05, 4.69) is 157 Å². The Morgan fingerprint density at radius 3 is 1.78 bits per heavy atom. The molecule has 0 bridgehead atoms. The van der Waals surface area contributed by atoms with Crippen LogP contribution in [0.5, 0.6) is 0 Å². The van der Waals surface area contributed by atoms with Crippen LogP contribution in [0.1, 0.15) is 37.5 Å². The number of nitriles is 2. The van der Waals surface area contributed by atoms with Gasteiger partial charge in [-0.3, -0.25) is 0 Å². The fraction of sp³-hybridized carbons (Fsp3) is 0.0952. The molecule has 0 unspecified atom stereocenters. The predicted octanol–water partition coefficient (Wildman–Crippen LogP) is 10.6. The van der Waals surface area contributed by atoms with Crippen molar-refractivity contribution >= 4 is 43.6 Å². The third-order valence-corrected chi connectivity index (χ3v) is 9.10. The lowest BCUT2D eigenvalue weighted by atomic mass is 9.81. The number of fused-ring (bicyclic) bond motifs is 6. The molecule has 6 aromatic carbocycles. The molecule has 8 rings (SSSR count). The van der Waals surface area contributed by atoms with Gasteiger partial charge in [0.25, 0.3) is 0 Å². The molecule has 0 saturated carbocycles. The summed E-state index contributed by atoms with van der Waals surface area (Å²) in [6.45, 7) is 6.31. The molecule has 46 heavy (non-hydrogen) atoms.